The molecule has 6 heteroatoms. The number of amides is 2. The molecule has 0 spiro atoms. The van der Waals surface area contributed by atoms with Gasteiger partial charge in [0.25, 0.3) is 5.91 Å². The summed E-state index contributed by atoms with van der Waals surface area (Å²) in [6, 6.07) is 26.6. The predicted molar refractivity (Wildman–Crippen MR) is 133 cm³/mol. The van der Waals surface area contributed by atoms with Crippen LogP contribution in [0, 0.1) is 25.2 Å². The second-order valence-corrected chi connectivity index (χ2v) is 8.99. The van der Waals surface area contributed by atoms with Crippen molar-refractivity contribution in [2.24, 2.45) is 0 Å². The van der Waals surface area contributed by atoms with E-state index < -0.39 is 11.2 Å². The van der Waals surface area contributed by atoms with Gasteiger partial charge in [0, 0.05) is 11.4 Å². The summed E-state index contributed by atoms with van der Waals surface area (Å²) in [4.78, 5) is 28.2. The summed E-state index contributed by atoms with van der Waals surface area (Å²) in [5.41, 5.74) is 4.20. The van der Waals surface area contributed by atoms with E-state index in [1.807, 2.05) is 74.5 Å². The molecule has 0 aromatic heterocycles. The third-order valence-corrected chi connectivity index (χ3v) is 6.90. The maximum absolute atomic E-state index is 13.5. The first-order chi connectivity index (χ1) is 16.0. The van der Waals surface area contributed by atoms with Crippen molar-refractivity contribution in [3.63, 3.8) is 0 Å². The highest BCUT2D eigenvalue weighted by molar-refractivity contribution is 8.05. The zero-order chi connectivity index (χ0) is 23.4. The largest absolute Gasteiger partial charge is 0.321 e. The third-order valence-electron chi connectivity index (χ3n) is 5.64. The lowest BCUT2D eigenvalue weighted by atomic mass is 10.1. The molecule has 164 valence electrons. The Morgan fingerprint density at radius 3 is 2.33 bits per heavy atom. The van der Waals surface area contributed by atoms with Crippen LogP contribution in [0.2, 0.25) is 0 Å². The predicted octanol–water partition coefficient (Wildman–Crippen LogP) is 5.37. The van der Waals surface area contributed by atoms with Gasteiger partial charge in [0.15, 0.2) is 0 Å². The molecule has 33 heavy (non-hydrogen) atoms. The van der Waals surface area contributed by atoms with Crippen molar-refractivity contribution in [1.82, 2.24) is 0 Å². The Labute approximate surface area is 197 Å². The molecular formula is C27H23N3O2S. The minimum Gasteiger partial charge on any atom is -0.321 e. The molecule has 1 aliphatic heterocycles. The molecule has 0 saturated carbocycles. The third kappa shape index (κ3) is 4.69. The fraction of sp³-hybridized carbons (Fsp3) is 0.148. The molecule has 1 saturated heterocycles. The number of nitrogens with zero attached hydrogens (tertiary/aromatic N) is 2. The van der Waals surface area contributed by atoms with Gasteiger partial charge in [-0.25, -0.2) is 0 Å². The zero-order valence-corrected chi connectivity index (χ0v) is 19.2. The first-order valence-corrected chi connectivity index (χ1v) is 11.5. The topological polar surface area (TPSA) is 73.2 Å². The van der Waals surface area contributed by atoms with E-state index in [9.17, 15) is 14.9 Å². The van der Waals surface area contributed by atoms with Crippen LogP contribution in [0.1, 0.15) is 16.7 Å². The summed E-state index contributed by atoms with van der Waals surface area (Å²) in [5.74, 6) is -0.667. The molecule has 0 bridgehead atoms. The van der Waals surface area contributed by atoms with Crippen molar-refractivity contribution >= 4 is 35.0 Å². The lowest BCUT2D eigenvalue weighted by Crippen LogP contribution is -2.30. The minimum absolute atomic E-state index is 0.0753. The first-order valence-electron chi connectivity index (χ1n) is 10.6. The van der Waals surface area contributed by atoms with Gasteiger partial charge in [-0.3, -0.25) is 14.5 Å². The van der Waals surface area contributed by atoms with Gasteiger partial charge in [0.2, 0.25) is 5.91 Å². The van der Waals surface area contributed by atoms with Gasteiger partial charge in [-0.15, -0.1) is 0 Å². The molecule has 1 aliphatic rings. The number of nitrogens with one attached hydrogen (secondary N) is 1. The number of hydrogen-bond donors (Lipinski definition) is 1. The van der Waals surface area contributed by atoms with Crippen LogP contribution in [0.15, 0.2) is 89.5 Å². The molecule has 0 unspecified atom stereocenters. The number of aryl methyl sites for hydroxylation is 1. The molecular weight excluding hydrogens is 430 g/mol. The van der Waals surface area contributed by atoms with Crippen LogP contribution >= 0.6 is 11.8 Å². The number of carbonyl (C=O) groups is 2. The summed E-state index contributed by atoms with van der Waals surface area (Å²) in [6.07, 6.45) is 0.508. The van der Waals surface area contributed by atoms with Gasteiger partial charge < -0.3 is 5.32 Å². The number of thioether (sulfide) groups is 1. The van der Waals surface area contributed by atoms with E-state index in [4.69, 9.17) is 0 Å². The summed E-state index contributed by atoms with van der Waals surface area (Å²) in [7, 11) is 0. The highest BCUT2D eigenvalue weighted by Crippen LogP contribution is 2.42. The smallest absolute Gasteiger partial charge is 0.269 e. The van der Waals surface area contributed by atoms with Crippen molar-refractivity contribution in [2.45, 2.75) is 25.5 Å². The number of nitriles is 1. The van der Waals surface area contributed by atoms with Crippen molar-refractivity contribution in [3.8, 4) is 6.07 Å². The van der Waals surface area contributed by atoms with Crippen molar-refractivity contribution in [3.05, 3.63) is 106 Å². The molecule has 4 rings (SSSR count). The molecule has 3 aromatic carbocycles. The SMILES string of the molecule is Cc1cccc(NC(=O)/C(C#N)=C2\S[C@H](Cc3ccccc3)C(=O)N2c2ccccc2)c1C. The van der Waals surface area contributed by atoms with E-state index in [2.05, 4.69) is 11.4 Å². The molecule has 1 fully saturated rings. The van der Waals surface area contributed by atoms with Crippen LogP contribution in [0.25, 0.3) is 0 Å². The second kappa shape index (κ2) is 9.76. The number of carbonyl (C=O) groups excluding carboxylic acids is 2. The van der Waals surface area contributed by atoms with Crippen molar-refractivity contribution in [2.75, 3.05) is 10.2 Å². The van der Waals surface area contributed by atoms with Crippen LogP contribution in [-0.4, -0.2) is 17.1 Å². The zero-order valence-electron chi connectivity index (χ0n) is 18.4. The summed E-state index contributed by atoms with van der Waals surface area (Å²) in [5, 5.41) is 12.8. The standard InChI is InChI=1S/C27H23N3O2S/c1-18-10-9-15-23(19(18)2)29-25(31)22(17-28)27-30(21-13-7-4-8-14-21)26(32)24(33-27)16-20-11-5-3-6-12-20/h3-15,24H,16H2,1-2H3,(H,29,31)/b27-22-/t24-/m1/s1. The molecule has 1 atom stereocenters. The summed E-state index contributed by atoms with van der Waals surface area (Å²) in [6.45, 7) is 3.88. The van der Waals surface area contributed by atoms with E-state index >= 15 is 0 Å². The van der Waals surface area contributed by atoms with Gasteiger partial charge in [0.05, 0.1) is 5.25 Å². The minimum atomic E-state index is -0.525. The Kier molecular flexibility index (Phi) is 6.62. The monoisotopic (exact) mass is 453 g/mol. The van der Waals surface area contributed by atoms with Crippen LogP contribution in [0.5, 0.6) is 0 Å². The molecule has 5 nitrogen and oxygen atoms in total. The van der Waals surface area contributed by atoms with E-state index in [1.165, 1.54) is 16.7 Å². The lowest BCUT2D eigenvalue weighted by molar-refractivity contribution is -0.117. The molecule has 0 aliphatic carbocycles. The quantitative estimate of drug-likeness (QED) is 0.416. The molecule has 3 aromatic rings. The molecule has 1 N–H and O–H groups in total. The second-order valence-electron chi connectivity index (χ2n) is 7.80. The number of rotatable bonds is 5. The highest BCUT2D eigenvalue weighted by atomic mass is 32.2. The summed E-state index contributed by atoms with van der Waals surface area (Å²) >= 11 is 1.27. The number of para-hydroxylation sites is 1. The van der Waals surface area contributed by atoms with E-state index in [0.29, 0.717) is 22.8 Å². The van der Waals surface area contributed by atoms with E-state index in [-0.39, 0.29) is 11.5 Å². The summed E-state index contributed by atoms with van der Waals surface area (Å²) < 4.78 is 0. The lowest BCUT2D eigenvalue weighted by Gasteiger charge is -2.19. The van der Waals surface area contributed by atoms with Gasteiger partial charge >= 0.3 is 0 Å². The van der Waals surface area contributed by atoms with Crippen molar-refractivity contribution in [1.29, 1.82) is 5.26 Å². The van der Waals surface area contributed by atoms with Gasteiger partial charge in [-0.2, -0.15) is 5.26 Å². The average Bonchev–Trinajstić information content (AvgIpc) is 3.14. The number of anilines is 2. The van der Waals surface area contributed by atoms with E-state index in [1.54, 1.807) is 18.2 Å². The first kappa shape index (κ1) is 22.4. The highest BCUT2D eigenvalue weighted by Gasteiger charge is 2.40. The molecule has 1 heterocycles. The normalized spacial score (nSPS) is 16.9. The van der Waals surface area contributed by atoms with Gasteiger partial charge in [-0.1, -0.05) is 72.4 Å². The van der Waals surface area contributed by atoms with Crippen LogP contribution < -0.4 is 10.2 Å². The Balaban J connectivity index is 1.73. The van der Waals surface area contributed by atoms with Crippen molar-refractivity contribution < 1.29 is 9.59 Å². The Hall–Kier alpha value is -3.82. The van der Waals surface area contributed by atoms with Crippen LogP contribution in [-0.2, 0) is 16.0 Å². The average molecular weight is 454 g/mol. The van der Waals surface area contributed by atoms with Crippen LogP contribution in [0.4, 0.5) is 11.4 Å². The fourth-order valence-electron chi connectivity index (χ4n) is 3.70. The maximum Gasteiger partial charge on any atom is 0.269 e. The van der Waals surface area contributed by atoms with Crippen LogP contribution in [0.3, 0.4) is 0 Å². The van der Waals surface area contributed by atoms with Gasteiger partial charge in [-0.05, 0) is 55.2 Å². The Bertz CT molecular complexity index is 1260. The maximum atomic E-state index is 13.5. The number of hydrogen-bond acceptors (Lipinski definition) is 4. The Morgan fingerprint density at radius 1 is 1.00 bits per heavy atom. The molecule has 2 amide bonds. The Morgan fingerprint density at radius 2 is 1.67 bits per heavy atom. The van der Waals surface area contributed by atoms with Gasteiger partial charge in [0.1, 0.15) is 16.7 Å². The fourth-order valence-corrected chi connectivity index (χ4v) is 5.01. The van der Waals surface area contributed by atoms with E-state index in [0.717, 1.165) is 16.7 Å². The number of benzene rings is 3. The molecule has 0 radical (unpaired) electrons.